The van der Waals surface area contributed by atoms with Gasteiger partial charge in [0.1, 0.15) is 0 Å². The first kappa shape index (κ1) is 17.6. The lowest BCUT2D eigenvalue weighted by atomic mass is 10.1. The van der Waals surface area contributed by atoms with Gasteiger partial charge in [-0.25, -0.2) is 0 Å². The minimum atomic E-state index is -0.112. The standard InChI is InChI=1S/C19H16Cl2O4/c1-23-15-8-11-7-12(6-10-4-5-13(20)9-14(10)21)17(22)16(11)19(25-3)18(15)24-2/h4-6,8-9H,7H2,1-3H3. The van der Waals surface area contributed by atoms with Gasteiger partial charge in [0.15, 0.2) is 17.3 Å². The van der Waals surface area contributed by atoms with Crippen molar-refractivity contribution in [3.8, 4) is 17.2 Å². The molecule has 0 fully saturated rings. The molecule has 0 radical (unpaired) electrons. The first-order valence-electron chi connectivity index (χ1n) is 7.52. The zero-order chi connectivity index (χ0) is 18.1. The van der Waals surface area contributed by atoms with Crippen LogP contribution in [0.5, 0.6) is 17.2 Å². The normalized spacial score (nSPS) is 14.6. The van der Waals surface area contributed by atoms with E-state index in [4.69, 9.17) is 37.4 Å². The lowest BCUT2D eigenvalue weighted by molar-refractivity contribution is 0.103. The largest absolute Gasteiger partial charge is 0.493 e. The van der Waals surface area contributed by atoms with Crippen molar-refractivity contribution in [3.05, 3.63) is 56.6 Å². The first-order valence-corrected chi connectivity index (χ1v) is 8.27. The van der Waals surface area contributed by atoms with Crippen LogP contribution < -0.4 is 14.2 Å². The average Bonchev–Trinajstić information content (AvgIpc) is 2.91. The van der Waals surface area contributed by atoms with Gasteiger partial charge in [0.25, 0.3) is 0 Å². The molecular formula is C19H16Cl2O4. The topological polar surface area (TPSA) is 44.8 Å². The van der Waals surface area contributed by atoms with Gasteiger partial charge >= 0.3 is 0 Å². The van der Waals surface area contributed by atoms with Crippen LogP contribution in [0, 0.1) is 0 Å². The number of ketones is 1. The molecule has 1 aliphatic rings. The van der Waals surface area contributed by atoms with Crippen molar-refractivity contribution in [2.24, 2.45) is 0 Å². The molecule has 0 N–H and O–H groups in total. The van der Waals surface area contributed by atoms with Gasteiger partial charge in [-0.2, -0.15) is 0 Å². The minimum Gasteiger partial charge on any atom is -0.493 e. The molecule has 0 amide bonds. The average molecular weight is 379 g/mol. The van der Waals surface area contributed by atoms with E-state index >= 15 is 0 Å². The molecule has 0 atom stereocenters. The van der Waals surface area contributed by atoms with Gasteiger partial charge in [0.2, 0.25) is 5.75 Å². The Balaban J connectivity index is 2.11. The zero-order valence-electron chi connectivity index (χ0n) is 14.0. The fraction of sp³-hybridized carbons (Fsp3) is 0.211. The highest BCUT2D eigenvalue weighted by molar-refractivity contribution is 6.35. The number of Topliss-reactive ketones (excluding diaryl/α,β-unsaturated/α-hetero) is 1. The summed E-state index contributed by atoms with van der Waals surface area (Å²) < 4.78 is 16.1. The summed E-state index contributed by atoms with van der Waals surface area (Å²) in [6.07, 6.45) is 2.24. The predicted octanol–water partition coefficient (Wildman–Crippen LogP) is 4.84. The molecule has 0 unspecified atom stereocenters. The summed E-state index contributed by atoms with van der Waals surface area (Å²) in [6, 6.07) is 6.97. The zero-order valence-corrected chi connectivity index (χ0v) is 15.5. The highest BCUT2D eigenvalue weighted by Crippen LogP contribution is 2.46. The van der Waals surface area contributed by atoms with Crippen LogP contribution in [0.1, 0.15) is 21.5 Å². The summed E-state index contributed by atoms with van der Waals surface area (Å²) in [6.45, 7) is 0. The molecular weight excluding hydrogens is 363 g/mol. The molecule has 4 nitrogen and oxygen atoms in total. The third-order valence-corrected chi connectivity index (χ3v) is 4.67. The molecule has 2 aromatic rings. The van der Waals surface area contributed by atoms with E-state index in [9.17, 15) is 4.79 Å². The quantitative estimate of drug-likeness (QED) is 0.713. The maximum absolute atomic E-state index is 12.9. The highest BCUT2D eigenvalue weighted by Gasteiger charge is 2.32. The Bertz CT molecular complexity index is 887. The van der Waals surface area contributed by atoms with E-state index in [2.05, 4.69) is 0 Å². The van der Waals surface area contributed by atoms with E-state index in [1.165, 1.54) is 14.2 Å². The van der Waals surface area contributed by atoms with Gasteiger partial charge in [-0.05, 0) is 35.4 Å². The van der Waals surface area contributed by atoms with Crippen molar-refractivity contribution in [1.82, 2.24) is 0 Å². The maximum Gasteiger partial charge on any atom is 0.204 e. The van der Waals surface area contributed by atoms with Gasteiger partial charge in [-0.3, -0.25) is 4.79 Å². The Labute approximate surface area is 155 Å². The van der Waals surface area contributed by atoms with Crippen molar-refractivity contribution < 1.29 is 19.0 Å². The molecule has 2 aromatic carbocycles. The molecule has 25 heavy (non-hydrogen) atoms. The molecule has 0 aliphatic heterocycles. The van der Waals surface area contributed by atoms with Crippen LogP contribution in [0.15, 0.2) is 29.8 Å². The number of hydrogen-bond acceptors (Lipinski definition) is 4. The number of carbonyl (C=O) groups excluding carboxylic acids is 1. The number of carbonyl (C=O) groups is 1. The molecule has 0 bridgehead atoms. The number of benzene rings is 2. The maximum atomic E-state index is 12.9. The Morgan fingerprint density at radius 1 is 1.00 bits per heavy atom. The van der Waals surface area contributed by atoms with E-state index in [0.29, 0.717) is 44.9 Å². The van der Waals surface area contributed by atoms with Crippen molar-refractivity contribution >= 4 is 35.1 Å². The Hall–Kier alpha value is -2.17. The van der Waals surface area contributed by atoms with Crippen LogP contribution in [0.25, 0.3) is 6.08 Å². The van der Waals surface area contributed by atoms with Crippen molar-refractivity contribution in [3.63, 3.8) is 0 Å². The van der Waals surface area contributed by atoms with Gasteiger partial charge in [0.05, 0.1) is 26.9 Å². The molecule has 130 valence electrons. The number of methoxy groups -OCH3 is 3. The second-order valence-electron chi connectivity index (χ2n) is 5.52. The summed E-state index contributed by atoms with van der Waals surface area (Å²) in [4.78, 5) is 12.9. The fourth-order valence-corrected chi connectivity index (χ4v) is 3.43. The Morgan fingerprint density at radius 3 is 2.32 bits per heavy atom. The molecule has 1 aliphatic carbocycles. The third kappa shape index (κ3) is 3.08. The number of rotatable bonds is 4. The fourth-order valence-electron chi connectivity index (χ4n) is 2.96. The molecule has 0 heterocycles. The van der Waals surface area contributed by atoms with Crippen LogP contribution >= 0.6 is 23.2 Å². The van der Waals surface area contributed by atoms with Crippen LogP contribution in [-0.4, -0.2) is 27.1 Å². The summed E-state index contributed by atoms with van der Waals surface area (Å²) in [5.41, 5.74) is 2.68. The van der Waals surface area contributed by atoms with E-state index in [1.54, 1.807) is 37.5 Å². The van der Waals surface area contributed by atoms with E-state index < -0.39 is 0 Å². The van der Waals surface area contributed by atoms with Crippen molar-refractivity contribution in [1.29, 1.82) is 0 Å². The highest BCUT2D eigenvalue weighted by atomic mass is 35.5. The van der Waals surface area contributed by atoms with Gasteiger partial charge in [0, 0.05) is 22.0 Å². The van der Waals surface area contributed by atoms with Crippen molar-refractivity contribution in [2.75, 3.05) is 21.3 Å². The SMILES string of the molecule is COc1cc2c(c(OC)c1OC)C(=O)C(=Cc1ccc(Cl)cc1Cl)C2. The van der Waals surface area contributed by atoms with Gasteiger partial charge in [-0.1, -0.05) is 29.3 Å². The number of halogens is 2. The molecule has 6 heteroatoms. The third-order valence-electron chi connectivity index (χ3n) is 4.10. The number of allylic oxidation sites excluding steroid dienone is 1. The van der Waals surface area contributed by atoms with Crippen LogP contribution in [0.3, 0.4) is 0 Å². The molecule has 0 saturated heterocycles. The number of ether oxygens (including phenoxy) is 3. The van der Waals surface area contributed by atoms with E-state index in [-0.39, 0.29) is 5.78 Å². The van der Waals surface area contributed by atoms with Gasteiger partial charge < -0.3 is 14.2 Å². The van der Waals surface area contributed by atoms with Gasteiger partial charge in [-0.15, -0.1) is 0 Å². The first-order chi connectivity index (χ1) is 12.0. The summed E-state index contributed by atoms with van der Waals surface area (Å²) >= 11 is 12.1. The summed E-state index contributed by atoms with van der Waals surface area (Å²) in [7, 11) is 4.56. The molecule has 0 saturated carbocycles. The monoisotopic (exact) mass is 378 g/mol. The summed E-state index contributed by atoms with van der Waals surface area (Å²) in [5, 5.41) is 1.04. The Kier molecular flexibility index (Phi) is 4.93. The molecule has 3 rings (SSSR count). The van der Waals surface area contributed by atoms with E-state index in [0.717, 1.165) is 11.1 Å². The molecule has 0 aromatic heterocycles. The van der Waals surface area contributed by atoms with E-state index in [1.807, 2.05) is 0 Å². The number of fused-ring (bicyclic) bond motifs is 1. The lowest BCUT2D eigenvalue weighted by Gasteiger charge is -2.14. The van der Waals surface area contributed by atoms with Crippen molar-refractivity contribution in [2.45, 2.75) is 6.42 Å². The Morgan fingerprint density at radius 2 is 1.72 bits per heavy atom. The second kappa shape index (κ2) is 6.98. The van der Waals surface area contributed by atoms with Crippen LogP contribution in [-0.2, 0) is 6.42 Å². The minimum absolute atomic E-state index is 0.112. The smallest absolute Gasteiger partial charge is 0.204 e. The summed E-state index contributed by atoms with van der Waals surface area (Å²) in [5.74, 6) is 1.20. The second-order valence-corrected chi connectivity index (χ2v) is 6.36. The molecule has 0 spiro atoms. The van der Waals surface area contributed by atoms with Crippen LogP contribution in [0.2, 0.25) is 10.0 Å². The lowest BCUT2D eigenvalue weighted by Crippen LogP contribution is -2.03. The van der Waals surface area contributed by atoms with Crippen LogP contribution in [0.4, 0.5) is 0 Å². The number of hydrogen-bond donors (Lipinski definition) is 0. The predicted molar refractivity (Wildman–Crippen MR) is 98.6 cm³/mol.